The number of hydrogen-bond acceptors (Lipinski definition) is 3. The van der Waals surface area contributed by atoms with Crippen LogP contribution in [0.15, 0.2) is 60.0 Å². The van der Waals surface area contributed by atoms with E-state index in [2.05, 4.69) is 11.4 Å². The van der Waals surface area contributed by atoms with Crippen molar-refractivity contribution in [1.29, 1.82) is 0 Å². The molecule has 2 heterocycles. The minimum absolute atomic E-state index is 0.00260. The molecular formula is C26H26Cl2N2O2S. The minimum Gasteiger partial charge on any atom is -0.330 e. The van der Waals surface area contributed by atoms with Crippen LogP contribution in [0.2, 0.25) is 10.0 Å². The molecule has 2 atom stereocenters. The zero-order valence-corrected chi connectivity index (χ0v) is 21.0. The first-order chi connectivity index (χ1) is 15.9. The number of amides is 2. The van der Waals surface area contributed by atoms with Crippen LogP contribution in [0.3, 0.4) is 0 Å². The van der Waals surface area contributed by atoms with Crippen molar-refractivity contribution in [2.24, 2.45) is 0 Å². The summed E-state index contributed by atoms with van der Waals surface area (Å²) in [6, 6.07) is 16.4. The van der Waals surface area contributed by atoms with E-state index < -0.39 is 0 Å². The minimum atomic E-state index is -0.223. The summed E-state index contributed by atoms with van der Waals surface area (Å²) in [4.78, 5) is 31.9. The highest BCUT2D eigenvalue weighted by atomic mass is 35.5. The number of thiophene rings is 1. The van der Waals surface area contributed by atoms with E-state index >= 15 is 0 Å². The number of rotatable bonds is 6. The van der Waals surface area contributed by atoms with Crippen molar-refractivity contribution in [1.82, 2.24) is 9.80 Å². The Labute approximate surface area is 208 Å². The van der Waals surface area contributed by atoms with Gasteiger partial charge in [-0.25, -0.2) is 0 Å². The molecule has 1 aliphatic rings. The second-order valence-electron chi connectivity index (χ2n) is 8.26. The molecule has 0 radical (unpaired) electrons. The van der Waals surface area contributed by atoms with Crippen LogP contribution in [0.4, 0.5) is 0 Å². The lowest BCUT2D eigenvalue weighted by Gasteiger charge is -2.38. The molecule has 0 spiro atoms. The van der Waals surface area contributed by atoms with Crippen LogP contribution in [-0.2, 0) is 11.2 Å². The number of nitrogens with zero attached hydrogens (tertiary/aromatic N) is 2. The molecule has 0 aliphatic carbocycles. The quantitative estimate of drug-likeness (QED) is 0.389. The van der Waals surface area contributed by atoms with Gasteiger partial charge < -0.3 is 9.80 Å². The van der Waals surface area contributed by atoms with Crippen LogP contribution in [0.1, 0.15) is 52.7 Å². The van der Waals surface area contributed by atoms with E-state index in [4.69, 9.17) is 23.2 Å². The standard InChI is InChI=1S/C26H26Cl2N2O2S/c1-3-17(2)30(26(32)20-6-4-5-7-22(20)28)16-24(31)29-14-12-23-21(13-15-33-23)25(29)18-8-10-19(27)11-9-18/h4-11,13,15,17,25H,3,12,14,16H2,1-2H3. The molecule has 4 rings (SSSR count). The zero-order valence-electron chi connectivity index (χ0n) is 18.6. The predicted octanol–water partition coefficient (Wildman–Crippen LogP) is 6.47. The molecule has 7 heteroatoms. The Bertz CT molecular complexity index is 1150. The third kappa shape index (κ3) is 4.96. The predicted molar refractivity (Wildman–Crippen MR) is 135 cm³/mol. The van der Waals surface area contributed by atoms with Crippen LogP contribution in [-0.4, -0.2) is 40.7 Å². The highest BCUT2D eigenvalue weighted by Gasteiger charge is 2.35. The molecule has 0 saturated heterocycles. The molecule has 0 bridgehead atoms. The average molecular weight is 501 g/mol. The van der Waals surface area contributed by atoms with Crippen molar-refractivity contribution < 1.29 is 9.59 Å². The molecule has 1 aliphatic heterocycles. The van der Waals surface area contributed by atoms with Crippen LogP contribution in [0.5, 0.6) is 0 Å². The fourth-order valence-electron chi connectivity index (χ4n) is 4.26. The summed E-state index contributed by atoms with van der Waals surface area (Å²) < 4.78 is 0. The van der Waals surface area contributed by atoms with Crippen molar-refractivity contribution in [3.8, 4) is 0 Å². The van der Waals surface area contributed by atoms with Gasteiger partial charge in [0.2, 0.25) is 5.91 Å². The molecule has 4 nitrogen and oxygen atoms in total. The first-order valence-corrected chi connectivity index (χ1v) is 12.7. The molecule has 2 amide bonds. The molecule has 0 saturated carbocycles. The third-order valence-corrected chi connectivity index (χ3v) is 7.84. The van der Waals surface area contributed by atoms with Gasteiger partial charge in [-0.2, -0.15) is 0 Å². The number of hydrogen-bond donors (Lipinski definition) is 0. The summed E-state index contributed by atoms with van der Waals surface area (Å²) in [7, 11) is 0. The number of carbonyl (C=O) groups excluding carboxylic acids is 2. The summed E-state index contributed by atoms with van der Waals surface area (Å²) in [5, 5.41) is 3.13. The van der Waals surface area contributed by atoms with E-state index in [1.165, 1.54) is 4.88 Å². The van der Waals surface area contributed by atoms with Gasteiger partial charge in [0.15, 0.2) is 0 Å². The summed E-state index contributed by atoms with van der Waals surface area (Å²) in [5.41, 5.74) is 2.58. The summed E-state index contributed by atoms with van der Waals surface area (Å²) in [5.74, 6) is -0.299. The third-order valence-electron chi connectivity index (χ3n) is 6.27. The number of benzene rings is 2. The molecule has 2 aromatic carbocycles. The van der Waals surface area contributed by atoms with Gasteiger partial charge in [0.1, 0.15) is 6.54 Å². The second kappa shape index (κ2) is 10.3. The van der Waals surface area contributed by atoms with E-state index in [9.17, 15) is 9.59 Å². The summed E-state index contributed by atoms with van der Waals surface area (Å²) in [6.45, 7) is 4.58. The van der Waals surface area contributed by atoms with E-state index in [0.29, 0.717) is 22.2 Å². The summed E-state index contributed by atoms with van der Waals surface area (Å²) in [6.07, 6.45) is 1.55. The maximum Gasteiger partial charge on any atom is 0.256 e. The van der Waals surface area contributed by atoms with E-state index in [0.717, 1.165) is 24.0 Å². The Morgan fingerprint density at radius 3 is 2.55 bits per heavy atom. The molecule has 0 N–H and O–H groups in total. The van der Waals surface area contributed by atoms with Crippen molar-refractivity contribution >= 4 is 46.4 Å². The molecule has 0 fully saturated rings. The van der Waals surface area contributed by atoms with E-state index in [1.807, 2.05) is 43.0 Å². The Morgan fingerprint density at radius 2 is 1.85 bits per heavy atom. The van der Waals surface area contributed by atoms with Crippen LogP contribution < -0.4 is 0 Å². The highest BCUT2D eigenvalue weighted by molar-refractivity contribution is 7.10. The number of halogens is 2. The molecule has 1 aromatic heterocycles. The van der Waals surface area contributed by atoms with Gasteiger partial charge in [0.25, 0.3) is 5.91 Å². The molecule has 2 unspecified atom stereocenters. The van der Waals surface area contributed by atoms with Crippen LogP contribution >= 0.6 is 34.5 Å². The maximum atomic E-state index is 13.7. The fourth-order valence-corrected chi connectivity index (χ4v) is 5.51. The van der Waals surface area contributed by atoms with Gasteiger partial charge in [-0.05, 0) is 66.6 Å². The first kappa shape index (κ1) is 23.8. The average Bonchev–Trinajstić information content (AvgIpc) is 3.31. The molecule has 3 aromatic rings. The normalized spacial score (nSPS) is 16.2. The zero-order chi connectivity index (χ0) is 23.5. The Hall–Kier alpha value is -2.34. The van der Waals surface area contributed by atoms with E-state index in [1.54, 1.807) is 40.5 Å². The lowest BCUT2D eigenvalue weighted by Crippen LogP contribution is -2.49. The maximum absolute atomic E-state index is 13.7. The largest absolute Gasteiger partial charge is 0.330 e. The summed E-state index contributed by atoms with van der Waals surface area (Å²) >= 11 is 14.1. The number of fused-ring (bicyclic) bond motifs is 1. The van der Waals surface area contributed by atoms with Gasteiger partial charge in [-0.1, -0.05) is 54.4 Å². The fraction of sp³-hybridized carbons (Fsp3) is 0.308. The SMILES string of the molecule is CCC(C)N(CC(=O)N1CCc2sccc2C1c1ccc(Cl)cc1)C(=O)c1ccccc1Cl. The van der Waals surface area contributed by atoms with Gasteiger partial charge >= 0.3 is 0 Å². The van der Waals surface area contributed by atoms with Crippen molar-refractivity contribution in [3.63, 3.8) is 0 Å². The van der Waals surface area contributed by atoms with Crippen LogP contribution in [0.25, 0.3) is 0 Å². The first-order valence-electron chi connectivity index (χ1n) is 11.1. The van der Waals surface area contributed by atoms with Crippen molar-refractivity contribution in [2.75, 3.05) is 13.1 Å². The second-order valence-corrected chi connectivity index (χ2v) is 10.1. The lowest BCUT2D eigenvalue weighted by molar-refractivity contribution is -0.134. The van der Waals surface area contributed by atoms with Gasteiger partial charge in [0.05, 0.1) is 16.6 Å². The monoisotopic (exact) mass is 500 g/mol. The van der Waals surface area contributed by atoms with Crippen molar-refractivity contribution in [3.05, 3.63) is 91.6 Å². The molecular weight excluding hydrogens is 475 g/mol. The number of carbonyl (C=O) groups is 2. The van der Waals surface area contributed by atoms with E-state index in [-0.39, 0.29) is 30.4 Å². The van der Waals surface area contributed by atoms with Gasteiger partial charge in [-0.3, -0.25) is 9.59 Å². The lowest BCUT2D eigenvalue weighted by atomic mass is 9.93. The van der Waals surface area contributed by atoms with Crippen LogP contribution in [0, 0.1) is 0 Å². The van der Waals surface area contributed by atoms with Crippen molar-refractivity contribution in [2.45, 2.75) is 38.8 Å². The molecule has 33 heavy (non-hydrogen) atoms. The van der Waals surface area contributed by atoms with Gasteiger partial charge in [0, 0.05) is 22.5 Å². The Balaban J connectivity index is 1.65. The smallest absolute Gasteiger partial charge is 0.256 e. The highest BCUT2D eigenvalue weighted by Crippen LogP contribution is 2.38. The topological polar surface area (TPSA) is 40.6 Å². The Kier molecular flexibility index (Phi) is 7.42. The Morgan fingerprint density at radius 1 is 1.12 bits per heavy atom. The molecule has 172 valence electrons. The van der Waals surface area contributed by atoms with Gasteiger partial charge in [-0.15, -0.1) is 11.3 Å².